The van der Waals surface area contributed by atoms with Crippen molar-refractivity contribution in [2.45, 2.75) is 39.7 Å². The number of nitrogens with zero attached hydrogens (tertiary/aromatic N) is 1. The van der Waals surface area contributed by atoms with Crippen LogP contribution in [0.4, 0.5) is 0 Å². The fourth-order valence-electron chi connectivity index (χ4n) is 3.34. The second kappa shape index (κ2) is 7.13. The van der Waals surface area contributed by atoms with Crippen molar-refractivity contribution >= 4 is 11.8 Å². The van der Waals surface area contributed by atoms with E-state index in [-0.39, 0.29) is 17.9 Å². The summed E-state index contributed by atoms with van der Waals surface area (Å²) in [6, 6.07) is 7.65. The van der Waals surface area contributed by atoms with Crippen LogP contribution >= 0.6 is 0 Å². The van der Waals surface area contributed by atoms with Crippen LogP contribution in [0.1, 0.15) is 63.3 Å². The number of carbonyl (C=O) groups excluding carboxylic acids is 2. The van der Waals surface area contributed by atoms with E-state index in [9.17, 15) is 9.59 Å². The molecule has 2 heterocycles. The van der Waals surface area contributed by atoms with Crippen LogP contribution in [0, 0.1) is 13.8 Å². The van der Waals surface area contributed by atoms with E-state index in [0.29, 0.717) is 11.3 Å². The predicted molar refractivity (Wildman–Crippen MR) is 97.7 cm³/mol. The molecule has 0 aliphatic carbocycles. The summed E-state index contributed by atoms with van der Waals surface area (Å²) in [6.07, 6.45) is 3.70. The maximum absolute atomic E-state index is 12.5. The molecule has 1 unspecified atom stereocenters. The number of likely N-dealkylation sites (tertiary alicyclic amines) is 1. The van der Waals surface area contributed by atoms with Crippen LogP contribution in [0.2, 0.25) is 0 Å². The van der Waals surface area contributed by atoms with E-state index < -0.39 is 0 Å². The zero-order valence-electron chi connectivity index (χ0n) is 15.1. The number of hydrogen-bond acceptors (Lipinski definition) is 2. The van der Waals surface area contributed by atoms with Gasteiger partial charge in [0.05, 0.1) is 11.6 Å². The van der Waals surface area contributed by atoms with Crippen LogP contribution in [0.3, 0.4) is 0 Å². The quantitative estimate of drug-likeness (QED) is 0.897. The number of aryl methyl sites for hydroxylation is 1. The van der Waals surface area contributed by atoms with Crippen LogP contribution in [0.25, 0.3) is 0 Å². The van der Waals surface area contributed by atoms with E-state index in [4.69, 9.17) is 0 Å². The molecule has 1 atom stereocenters. The summed E-state index contributed by atoms with van der Waals surface area (Å²) in [6.45, 7) is 7.70. The molecule has 0 saturated carbocycles. The normalized spacial score (nSPS) is 15.2. The highest BCUT2D eigenvalue weighted by molar-refractivity contribution is 5.99. The third kappa shape index (κ3) is 3.60. The van der Waals surface area contributed by atoms with Crippen LogP contribution in [-0.2, 0) is 0 Å². The van der Waals surface area contributed by atoms with E-state index in [1.54, 1.807) is 12.3 Å². The smallest absolute Gasteiger partial charge is 0.270 e. The van der Waals surface area contributed by atoms with E-state index in [0.717, 1.165) is 31.5 Å². The minimum Gasteiger partial charge on any atom is -0.356 e. The Labute approximate surface area is 148 Å². The Morgan fingerprint density at radius 3 is 2.64 bits per heavy atom. The standard InChI is InChI=1S/C20H25N3O2/c1-13-7-6-8-17(14(13)2)15(3)22-19(24)16-11-18(21-12-16)20(25)23-9-4-5-10-23/h6-8,11-12,15,21H,4-5,9-10H2,1-3H3,(H,22,24). The number of amides is 2. The second-order valence-electron chi connectivity index (χ2n) is 6.79. The van der Waals surface area contributed by atoms with Gasteiger partial charge >= 0.3 is 0 Å². The molecule has 3 rings (SSSR count). The summed E-state index contributed by atoms with van der Waals surface area (Å²) in [5.74, 6) is -0.204. The van der Waals surface area contributed by atoms with Crippen molar-refractivity contribution in [2.75, 3.05) is 13.1 Å². The van der Waals surface area contributed by atoms with Gasteiger partial charge in [-0.05, 0) is 56.4 Å². The number of rotatable bonds is 4. The summed E-state index contributed by atoms with van der Waals surface area (Å²) in [5, 5.41) is 3.02. The van der Waals surface area contributed by atoms with Crippen LogP contribution < -0.4 is 5.32 Å². The molecular formula is C20H25N3O2. The van der Waals surface area contributed by atoms with Gasteiger partial charge in [0.25, 0.3) is 11.8 Å². The first-order chi connectivity index (χ1) is 12.0. The molecule has 1 aromatic carbocycles. The number of H-pyrrole nitrogens is 1. The number of nitrogens with one attached hydrogen (secondary N) is 2. The number of carbonyl (C=O) groups is 2. The third-order valence-electron chi connectivity index (χ3n) is 5.03. The lowest BCUT2D eigenvalue weighted by molar-refractivity contribution is 0.0787. The van der Waals surface area contributed by atoms with Gasteiger partial charge < -0.3 is 15.2 Å². The van der Waals surface area contributed by atoms with Crippen molar-refractivity contribution in [3.8, 4) is 0 Å². The molecule has 0 spiro atoms. The van der Waals surface area contributed by atoms with Gasteiger partial charge in [0.15, 0.2) is 0 Å². The molecule has 1 aliphatic rings. The highest BCUT2D eigenvalue weighted by Gasteiger charge is 2.22. The molecule has 1 aromatic heterocycles. The summed E-state index contributed by atoms with van der Waals surface area (Å²) in [5.41, 5.74) is 4.47. The number of hydrogen-bond donors (Lipinski definition) is 2. The Balaban J connectivity index is 1.69. The van der Waals surface area contributed by atoms with Gasteiger partial charge in [-0.15, -0.1) is 0 Å². The van der Waals surface area contributed by atoms with Crippen molar-refractivity contribution in [3.63, 3.8) is 0 Å². The van der Waals surface area contributed by atoms with Gasteiger partial charge in [0.1, 0.15) is 5.69 Å². The molecule has 1 fully saturated rings. The fourth-order valence-corrected chi connectivity index (χ4v) is 3.34. The van der Waals surface area contributed by atoms with E-state index in [1.165, 1.54) is 11.1 Å². The number of aromatic nitrogens is 1. The maximum Gasteiger partial charge on any atom is 0.270 e. The largest absolute Gasteiger partial charge is 0.356 e. The van der Waals surface area contributed by atoms with Gasteiger partial charge in [0.2, 0.25) is 0 Å². The molecule has 25 heavy (non-hydrogen) atoms. The summed E-state index contributed by atoms with van der Waals surface area (Å²) in [7, 11) is 0. The van der Waals surface area contributed by atoms with Crippen LogP contribution in [-0.4, -0.2) is 34.8 Å². The minimum absolute atomic E-state index is 0.0286. The summed E-state index contributed by atoms with van der Waals surface area (Å²) < 4.78 is 0. The Morgan fingerprint density at radius 2 is 1.92 bits per heavy atom. The molecule has 5 nitrogen and oxygen atoms in total. The Bertz CT molecular complexity index is 788. The molecule has 2 N–H and O–H groups in total. The van der Waals surface area contributed by atoms with Crippen molar-refractivity contribution in [1.29, 1.82) is 0 Å². The first-order valence-electron chi connectivity index (χ1n) is 8.82. The van der Waals surface area contributed by atoms with E-state index >= 15 is 0 Å². The van der Waals surface area contributed by atoms with Gasteiger partial charge in [0, 0.05) is 19.3 Å². The molecule has 1 aliphatic heterocycles. The molecule has 2 amide bonds. The highest BCUT2D eigenvalue weighted by Crippen LogP contribution is 2.21. The van der Waals surface area contributed by atoms with Gasteiger partial charge in [-0.2, -0.15) is 0 Å². The molecule has 0 radical (unpaired) electrons. The minimum atomic E-state index is -0.176. The number of benzene rings is 1. The number of aromatic amines is 1. The van der Waals surface area contributed by atoms with Crippen molar-refractivity contribution in [3.05, 3.63) is 58.4 Å². The topological polar surface area (TPSA) is 65.2 Å². The van der Waals surface area contributed by atoms with Crippen molar-refractivity contribution in [1.82, 2.24) is 15.2 Å². The highest BCUT2D eigenvalue weighted by atomic mass is 16.2. The first kappa shape index (κ1) is 17.3. The van der Waals surface area contributed by atoms with Gasteiger partial charge in [-0.3, -0.25) is 9.59 Å². The maximum atomic E-state index is 12.5. The zero-order chi connectivity index (χ0) is 18.0. The van der Waals surface area contributed by atoms with Crippen LogP contribution in [0.5, 0.6) is 0 Å². The molecular weight excluding hydrogens is 314 g/mol. The molecule has 1 saturated heterocycles. The lowest BCUT2D eigenvalue weighted by atomic mass is 9.98. The average Bonchev–Trinajstić information content (AvgIpc) is 3.28. The van der Waals surface area contributed by atoms with Crippen molar-refractivity contribution < 1.29 is 9.59 Å². The monoisotopic (exact) mass is 339 g/mol. The molecule has 0 bridgehead atoms. The first-order valence-corrected chi connectivity index (χ1v) is 8.82. The third-order valence-corrected chi connectivity index (χ3v) is 5.03. The van der Waals surface area contributed by atoms with Crippen molar-refractivity contribution in [2.24, 2.45) is 0 Å². The van der Waals surface area contributed by atoms with Gasteiger partial charge in [-0.1, -0.05) is 18.2 Å². The van der Waals surface area contributed by atoms with Crippen LogP contribution in [0.15, 0.2) is 30.5 Å². The summed E-state index contributed by atoms with van der Waals surface area (Å²) in [4.78, 5) is 29.7. The van der Waals surface area contributed by atoms with E-state index in [2.05, 4.69) is 30.2 Å². The SMILES string of the molecule is Cc1cccc(C(C)NC(=O)c2c[nH]c(C(=O)N3CCCC3)c2)c1C. The average molecular weight is 339 g/mol. The lowest BCUT2D eigenvalue weighted by Crippen LogP contribution is -2.28. The zero-order valence-corrected chi connectivity index (χ0v) is 15.1. The summed E-state index contributed by atoms with van der Waals surface area (Å²) >= 11 is 0. The predicted octanol–water partition coefficient (Wildman–Crippen LogP) is 3.36. The van der Waals surface area contributed by atoms with E-state index in [1.807, 2.05) is 24.0 Å². The fraction of sp³-hybridized carbons (Fsp3) is 0.400. The molecule has 132 valence electrons. The lowest BCUT2D eigenvalue weighted by Gasteiger charge is -2.17. The van der Waals surface area contributed by atoms with Gasteiger partial charge in [-0.25, -0.2) is 0 Å². The Hall–Kier alpha value is -2.56. The Kier molecular flexibility index (Phi) is 4.93. The Morgan fingerprint density at radius 1 is 1.20 bits per heavy atom. The molecule has 5 heteroatoms. The molecule has 2 aromatic rings. The second-order valence-corrected chi connectivity index (χ2v) is 6.79.